The van der Waals surface area contributed by atoms with E-state index in [9.17, 15) is 9.50 Å². The van der Waals surface area contributed by atoms with Crippen molar-refractivity contribution in [2.45, 2.75) is 19.4 Å². The molecular formula is C9H9Br2FO. The summed E-state index contributed by atoms with van der Waals surface area (Å²) in [6, 6.07) is 3.17. The highest BCUT2D eigenvalue weighted by atomic mass is 79.9. The first-order valence-corrected chi connectivity index (χ1v) is 5.28. The first-order chi connectivity index (χ1) is 5.82. The van der Waals surface area contributed by atoms with E-state index in [0.29, 0.717) is 4.47 Å². The zero-order chi connectivity index (χ0) is 10.2. The number of rotatable bonds is 1. The lowest BCUT2D eigenvalue weighted by Crippen LogP contribution is -2.17. The zero-order valence-electron chi connectivity index (χ0n) is 7.24. The third kappa shape index (κ3) is 2.51. The van der Waals surface area contributed by atoms with E-state index in [0.717, 1.165) is 4.47 Å². The highest BCUT2D eigenvalue weighted by molar-refractivity contribution is 9.11. The number of hydrogen-bond acceptors (Lipinski definition) is 1. The maximum absolute atomic E-state index is 13.4. The summed E-state index contributed by atoms with van der Waals surface area (Å²) < 4.78 is 14.5. The zero-order valence-corrected chi connectivity index (χ0v) is 10.4. The first kappa shape index (κ1) is 11.1. The van der Waals surface area contributed by atoms with E-state index in [4.69, 9.17) is 0 Å². The highest BCUT2D eigenvalue weighted by Crippen LogP contribution is 2.31. The van der Waals surface area contributed by atoms with Crippen LogP contribution in [-0.4, -0.2) is 5.11 Å². The van der Waals surface area contributed by atoms with Crippen LogP contribution in [-0.2, 0) is 5.60 Å². The summed E-state index contributed by atoms with van der Waals surface area (Å²) in [4.78, 5) is 0. The van der Waals surface area contributed by atoms with Gasteiger partial charge in [-0.2, -0.15) is 0 Å². The predicted octanol–water partition coefficient (Wildman–Crippen LogP) is 3.58. The van der Waals surface area contributed by atoms with Crippen LogP contribution in [0.1, 0.15) is 19.4 Å². The van der Waals surface area contributed by atoms with E-state index in [1.807, 2.05) is 0 Å². The standard InChI is InChI=1S/C9H9Br2FO/c1-9(2,13)6-3-5(10)4-7(11)8(6)12/h3-4,13H,1-2H3. The largest absolute Gasteiger partial charge is 0.386 e. The highest BCUT2D eigenvalue weighted by Gasteiger charge is 2.22. The van der Waals surface area contributed by atoms with Gasteiger partial charge in [-0.05, 0) is 41.9 Å². The SMILES string of the molecule is CC(C)(O)c1cc(Br)cc(Br)c1F. The van der Waals surface area contributed by atoms with Gasteiger partial charge in [-0.3, -0.25) is 0 Å². The van der Waals surface area contributed by atoms with Crippen LogP contribution in [0.4, 0.5) is 4.39 Å². The van der Waals surface area contributed by atoms with Crippen molar-refractivity contribution in [3.05, 3.63) is 32.5 Å². The fourth-order valence-electron chi connectivity index (χ4n) is 1.00. The molecule has 0 saturated carbocycles. The first-order valence-electron chi connectivity index (χ1n) is 3.70. The van der Waals surface area contributed by atoms with E-state index in [-0.39, 0.29) is 5.56 Å². The summed E-state index contributed by atoms with van der Waals surface area (Å²) >= 11 is 6.31. The molecule has 4 heteroatoms. The van der Waals surface area contributed by atoms with Crippen molar-refractivity contribution >= 4 is 31.9 Å². The van der Waals surface area contributed by atoms with Gasteiger partial charge in [-0.15, -0.1) is 0 Å². The quantitative estimate of drug-likeness (QED) is 0.786. The molecule has 0 amide bonds. The Balaban J connectivity index is 3.37. The van der Waals surface area contributed by atoms with Gasteiger partial charge in [0.25, 0.3) is 0 Å². The maximum atomic E-state index is 13.4. The Labute approximate surface area is 93.2 Å². The van der Waals surface area contributed by atoms with Crippen LogP contribution in [0, 0.1) is 5.82 Å². The van der Waals surface area contributed by atoms with Gasteiger partial charge >= 0.3 is 0 Å². The summed E-state index contributed by atoms with van der Waals surface area (Å²) in [6.45, 7) is 3.09. The van der Waals surface area contributed by atoms with E-state index < -0.39 is 11.4 Å². The van der Waals surface area contributed by atoms with Crippen molar-refractivity contribution < 1.29 is 9.50 Å². The van der Waals surface area contributed by atoms with Crippen LogP contribution in [0.25, 0.3) is 0 Å². The van der Waals surface area contributed by atoms with Crippen molar-refractivity contribution in [2.24, 2.45) is 0 Å². The number of benzene rings is 1. The van der Waals surface area contributed by atoms with Crippen molar-refractivity contribution in [3.8, 4) is 0 Å². The second kappa shape index (κ2) is 3.67. The van der Waals surface area contributed by atoms with E-state index in [1.165, 1.54) is 0 Å². The Morgan fingerprint density at radius 2 is 1.85 bits per heavy atom. The fraction of sp³-hybridized carbons (Fsp3) is 0.333. The molecule has 1 aromatic carbocycles. The lowest BCUT2D eigenvalue weighted by atomic mass is 9.98. The smallest absolute Gasteiger partial charge is 0.143 e. The molecule has 1 N–H and O–H groups in total. The van der Waals surface area contributed by atoms with Crippen LogP contribution < -0.4 is 0 Å². The molecule has 0 aromatic heterocycles. The van der Waals surface area contributed by atoms with E-state index in [1.54, 1.807) is 26.0 Å². The molecule has 13 heavy (non-hydrogen) atoms. The Kier molecular flexibility index (Phi) is 3.15. The van der Waals surface area contributed by atoms with Crippen molar-refractivity contribution in [1.29, 1.82) is 0 Å². The third-order valence-electron chi connectivity index (χ3n) is 1.65. The molecule has 72 valence electrons. The van der Waals surface area contributed by atoms with Gasteiger partial charge in [0.05, 0.1) is 10.1 Å². The molecule has 1 nitrogen and oxygen atoms in total. The average molecular weight is 312 g/mol. The summed E-state index contributed by atoms with van der Waals surface area (Å²) in [5.74, 6) is -0.421. The predicted molar refractivity (Wildman–Crippen MR) is 57.0 cm³/mol. The Hall–Kier alpha value is 0.0700. The molecule has 0 aliphatic rings. The second-order valence-electron chi connectivity index (χ2n) is 3.31. The van der Waals surface area contributed by atoms with Crippen LogP contribution in [0.5, 0.6) is 0 Å². The van der Waals surface area contributed by atoms with Crippen LogP contribution >= 0.6 is 31.9 Å². The molecule has 0 spiro atoms. The van der Waals surface area contributed by atoms with Crippen molar-refractivity contribution in [2.75, 3.05) is 0 Å². The maximum Gasteiger partial charge on any atom is 0.143 e. The van der Waals surface area contributed by atoms with Gasteiger partial charge in [0.15, 0.2) is 0 Å². The molecule has 1 aromatic rings. The normalized spacial score (nSPS) is 11.8. The molecular weight excluding hydrogens is 303 g/mol. The molecule has 0 fully saturated rings. The molecule has 0 aliphatic carbocycles. The second-order valence-corrected chi connectivity index (χ2v) is 5.08. The van der Waals surface area contributed by atoms with Gasteiger partial charge in [-0.25, -0.2) is 4.39 Å². The summed E-state index contributed by atoms with van der Waals surface area (Å²) in [5, 5.41) is 9.64. The molecule has 0 atom stereocenters. The average Bonchev–Trinajstić information content (AvgIpc) is 1.94. The Bertz CT molecular complexity index is 331. The van der Waals surface area contributed by atoms with E-state index >= 15 is 0 Å². The summed E-state index contributed by atoms with van der Waals surface area (Å²) in [7, 11) is 0. The minimum absolute atomic E-state index is 0.272. The Morgan fingerprint density at radius 3 is 2.31 bits per heavy atom. The molecule has 0 aliphatic heterocycles. The molecule has 0 bridgehead atoms. The summed E-state index contributed by atoms with van der Waals surface area (Å²) in [5.41, 5.74) is -0.898. The Morgan fingerprint density at radius 1 is 1.31 bits per heavy atom. The number of aliphatic hydroxyl groups is 1. The third-order valence-corrected chi connectivity index (χ3v) is 2.69. The number of hydrogen-bond donors (Lipinski definition) is 1. The van der Waals surface area contributed by atoms with E-state index in [2.05, 4.69) is 31.9 Å². The molecule has 0 radical (unpaired) electrons. The minimum atomic E-state index is -1.17. The fourth-order valence-corrected chi connectivity index (χ4v) is 2.23. The van der Waals surface area contributed by atoms with Crippen LogP contribution in [0.15, 0.2) is 21.1 Å². The van der Waals surface area contributed by atoms with Crippen molar-refractivity contribution in [1.82, 2.24) is 0 Å². The lowest BCUT2D eigenvalue weighted by Gasteiger charge is -2.19. The topological polar surface area (TPSA) is 20.2 Å². The molecule has 1 rings (SSSR count). The van der Waals surface area contributed by atoms with Gasteiger partial charge < -0.3 is 5.11 Å². The number of halogens is 3. The minimum Gasteiger partial charge on any atom is -0.386 e. The molecule has 0 saturated heterocycles. The van der Waals surface area contributed by atoms with Gasteiger partial charge in [0, 0.05) is 10.0 Å². The summed E-state index contributed by atoms with van der Waals surface area (Å²) in [6.07, 6.45) is 0. The van der Waals surface area contributed by atoms with Crippen molar-refractivity contribution in [3.63, 3.8) is 0 Å². The molecule has 0 unspecified atom stereocenters. The molecule has 0 heterocycles. The monoisotopic (exact) mass is 310 g/mol. The van der Waals surface area contributed by atoms with Crippen LogP contribution in [0.2, 0.25) is 0 Å². The lowest BCUT2D eigenvalue weighted by molar-refractivity contribution is 0.0743. The van der Waals surface area contributed by atoms with Crippen LogP contribution in [0.3, 0.4) is 0 Å². The van der Waals surface area contributed by atoms with Gasteiger partial charge in [0.2, 0.25) is 0 Å². The van der Waals surface area contributed by atoms with Gasteiger partial charge in [0.1, 0.15) is 5.82 Å². The van der Waals surface area contributed by atoms with Gasteiger partial charge in [-0.1, -0.05) is 15.9 Å².